The zero-order chi connectivity index (χ0) is 16.8. The average molecular weight is 356 g/mol. The summed E-state index contributed by atoms with van der Waals surface area (Å²) in [6.07, 6.45) is 8.28. The van der Waals surface area contributed by atoms with Crippen molar-refractivity contribution in [2.45, 2.75) is 76.0 Å². The molecule has 2 aliphatic heterocycles. The molecule has 2 bridgehead atoms. The van der Waals surface area contributed by atoms with Gasteiger partial charge in [0.15, 0.2) is 0 Å². The Labute approximate surface area is 144 Å². The van der Waals surface area contributed by atoms with Crippen LogP contribution in [0.3, 0.4) is 0 Å². The highest BCUT2D eigenvalue weighted by molar-refractivity contribution is 7.89. The molecule has 3 atom stereocenters. The van der Waals surface area contributed by atoms with Crippen LogP contribution in [0.25, 0.3) is 0 Å². The fraction of sp³-hybridized carbons (Fsp3) is 0.941. The third kappa shape index (κ3) is 3.35. The van der Waals surface area contributed by atoms with Gasteiger partial charge in [-0.05, 0) is 62.7 Å². The van der Waals surface area contributed by atoms with Gasteiger partial charge in [-0.25, -0.2) is 13.1 Å². The maximum atomic E-state index is 12.8. The van der Waals surface area contributed by atoms with Crippen LogP contribution in [-0.2, 0) is 19.6 Å². The first-order valence-electron chi connectivity index (χ1n) is 9.36. The number of piperidine rings is 1. The van der Waals surface area contributed by atoms with Crippen molar-refractivity contribution in [1.82, 2.24) is 10.0 Å². The summed E-state index contributed by atoms with van der Waals surface area (Å²) in [4.78, 5) is 11.8. The number of hydrogen-bond acceptors (Lipinski definition) is 4. The molecule has 24 heavy (non-hydrogen) atoms. The van der Waals surface area contributed by atoms with E-state index in [0.29, 0.717) is 19.4 Å². The van der Waals surface area contributed by atoms with E-state index in [-0.39, 0.29) is 35.3 Å². The molecule has 0 aromatic rings. The van der Waals surface area contributed by atoms with Crippen LogP contribution in [0.15, 0.2) is 0 Å². The molecule has 4 rings (SSSR count). The van der Waals surface area contributed by atoms with Gasteiger partial charge in [0.25, 0.3) is 0 Å². The second-order valence-corrected chi connectivity index (χ2v) is 10.1. The van der Waals surface area contributed by atoms with E-state index in [1.54, 1.807) is 0 Å². The minimum absolute atomic E-state index is 0.000954. The number of carbonyl (C=O) groups is 1. The van der Waals surface area contributed by atoms with Crippen LogP contribution in [0.5, 0.6) is 0 Å². The van der Waals surface area contributed by atoms with E-state index in [1.807, 2.05) is 0 Å². The van der Waals surface area contributed by atoms with Gasteiger partial charge in [0.05, 0.1) is 17.9 Å². The van der Waals surface area contributed by atoms with Gasteiger partial charge in [-0.3, -0.25) is 4.79 Å². The van der Waals surface area contributed by atoms with Gasteiger partial charge in [-0.15, -0.1) is 0 Å². The topological polar surface area (TPSA) is 84.5 Å². The largest absolute Gasteiger partial charge is 0.376 e. The van der Waals surface area contributed by atoms with Gasteiger partial charge in [-0.1, -0.05) is 0 Å². The predicted molar refractivity (Wildman–Crippen MR) is 89.9 cm³/mol. The Kier molecular flexibility index (Phi) is 4.37. The lowest BCUT2D eigenvalue weighted by Crippen LogP contribution is -2.60. The highest BCUT2D eigenvalue weighted by Gasteiger charge is 2.48. The molecule has 136 valence electrons. The summed E-state index contributed by atoms with van der Waals surface area (Å²) in [6, 6.07) is -0.480. The van der Waals surface area contributed by atoms with Crippen LogP contribution in [0.4, 0.5) is 0 Å². The molecule has 2 saturated heterocycles. The number of sulfonamides is 1. The second-order valence-electron chi connectivity index (χ2n) is 8.31. The average Bonchev–Trinajstić information content (AvgIpc) is 3.24. The molecule has 7 heteroatoms. The minimum Gasteiger partial charge on any atom is -0.376 e. The van der Waals surface area contributed by atoms with E-state index in [1.165, 1.54) is 12.8 Å². The minimum atomic E-state index is -3.35. The summed E-state index contributed by atoms with van der Waals surface area (Å²) in [5.74, 6) is 0.993. The Morgan fingerprint density at radius 1 is 1.21 bits per heavy atom. The molecule has 6 nitrogen and oxygen atoms in total. The molecular weight excluding hydrogens is 328 g/mol. The van der Waals surface area contributed by atoms with E-state index < -0.39 is 10.0 Å². The van der Waals surface area contributed by atoms with Crippen molar-refractivity contribution in [3.05, 3.63) is 0 Å². The SMILES string of the molecule is O=C1CCC(NS(=O)(=O)CC23CCC(CC2)C3)C(C2CCCO2)N1. The molecule has 0 aromatic carbocycles. The molecule has 3 unspecified atom stereocenters. The van der Waals surface area contributed by atoms with Crippen LogP contribution in [-0.4, -0.2) is 44.9 Å². The summed E-state index contributed by atoms with van der Waals surface area (Å²) in [5.41, 5.74) is 0.00771. The van der Waals surface area contributed by atoms with Crippen molar-refractivity contribution >= 4 is 15.9 Å². The number of hydrogen-bond donors (Lipinski definition) is 2. The van der Waals surface area contributed by atoms with Gasteiger partial charge in [0.2, 0.25) is 15.9 Å². The number of rotatable bonds is 5. The van der Waals surface area contributed by atoms with Crippen molar-refractivity contribution < 1.29 is 17.9 Å². The van der Waals surface area contributed by atoms with Crippen LogP contribution < -0.4 is 10.0 Å². The molecule has 0 aromatic heterocycles. The highest BCUT2D eigenvalue weighted by Crippen LogP contribution is 2.54. The number of ether oxygens (including phenoxy) is 1. The van der Waals surface area contributed by atoms with Crippen LogP contribution in [0.2, 0.25) is 0 Å². The molecular formula is C17H28N2O4S. The Morgan fingerprint density at radius 3 is 2.62 bits per heavy atom. The van der Waals surface area contributed by atoms with Gasteiger partial charge in [0, 0.05) is 19.1 Å². The highest BCUT2D eigenvalue weighted by atomic mass is 32.2. The molecule has 4 aliphatic rings. The number of fused-ring (bicyclic) bond motifs is 2. The Hall–Kier alpha value is -0.660. The van der Waals surface area contributed by atoms with E-state index in [4.69, 9.17) is 4.74 Å². The van der Waals surface area contributed by atoms with Gasteiger partial charge < -0.3 is 10.1 Å². The van der Waals surface area contributed by atoms with E-state index in [0.717, 1.165) is 38.0 Å². The van der Waals surface area contributed by atoms with E-state index in [2.05, 4.69) is 10.0 Å². The lowest BCUT2D eigenvalue weighted by atomic mass is 9.87. The lowest BCUT2D eigenvalue weighted by molar-refractivity contribution is -0.125. The lowest BCUT2D eigenvalue weighted by Gasteiger charge is -2.36. The molecule has 1 amide bonds. The number of amides is 1. The predicted octanol–water partition coefficient (Wildman–Crippen LogP) is 1.31. The summed E-state index contributed by atoms with van der Waals surface area (Å²) in [6.45, 7) is 0.695. The van der Waals surface area contributed by atoms with Gasteiger partial charge >= 0.3 is 0 Å². The van der Waals surface area contributed by atoms with Crippen LogP contribution in [0, 0.1) is 11.3 Å². The summed E-state index contributed by atoms with van der Waals surface area (Å²) < 4.78 is 34.3. The van der Waals surface area contributed by atoms with E-state index in [9.17, 15) is 13.2 Å². The first kappa shape index (κ1) is 16.8. The zero-order valence-corrected chi connectivity index (χ0v) is 14.9. The van der Waals surface area contributed by atoms with Gasteiger partial charge in [-0.2, -0.15) is 0 Å². The van der Waals surface area contributed by atoms with Crippen LogP contribution in [0.1, 0.15) is 57.8 Å². The third-order valence-corrected chi connectivity index (χ3v) is 8.18. The molecule has 0 radical (unpaired) electrons. The smallest absolute Gasteiger partial charge is 0.220 e. The zero-order valence-electron chi connectivity index (χ0n) is 14.1. The molecule has 2 heterocycles. The first-order chi connectivity index (χ1) is 11.4. The molecule has 0 spiro atoms. The quantitative estimate of drug-likeness (QED) is 0.778. The van der Waals surface area contributed by atoms with E-state index >= 15 is 0 Å². The van der Waals surface area contributed by atoms with Crippen molar-refractivity contribution in [2.75, 3.05) is 12.4 Å². The standard InChI is InChI=1S/C17H28N2O4S/c20-15-4-3-13(16(18-15)14-2-1-9-23-14)19-24(21,22)11-17-7-5-12(10-17)6-8-17/h12-14,16,19H,1-11H2,(H,18,20). The molecule has 2 saturated carbocycles. The Bertz CT molecular complexity index is 592. The maximum absolute atomic E-state index is 12.8. The first-order valence-corrected chi connectivity index (χ1v) is 11.0. The second kappa shape index (κ2) is 6.25. The summed E-state index contributed by atoms with van der Waals surface area (Å²) in [5, 5.41) is 2.97. The molecule has 4 fully saturated rings. The Morgan fingerprint density at radius 2 is 2.00 bits per heavy atom. The molecule has 2 aliphatic carbocycles. The van der Waals surface area contributed by atoms with Crippen molar-refractivity contribution in [3.63, 3.8) is 0 Å². The third-order valence-electron chi connectivity index (χ3n) is 6.52. The number of nitrogens with one attached hydrogen (secondary N) is 2. The fourth-order valence-electron chi connectivity index (χ4n) is 5.38. The fourth-order valence-corrected chi connectivity index (χ4v) is 7.41. The monoisotopic (exact) mass is 356 g/mol. The molecule has 2 N–H and O–H groups in total. The maximum Gasteiger partial charge on any atom is 0.220 e. The Balaban J connectivity index is 1.44. The normalized spacial score (nSPS) is 42.4. The van der Waals surface area contributed by atoms with Crippen molar-refractivity contribution in [3.8, 4) is 0 Å². The van der Waals surface area contributed by atoms with Gasteiger partial charge in [0.1, 0.15) is 0 Å². The number of carbonyl (C=O) groups excluding carboxylic acids is 1. The van der Waals surface area contributed by atoms with Crippen molar-refractivity contribution in [1.29, 1.82) is 0 Å². The van der Waals surface area contributed by atoms with Crippen molar-refractivity contribution in [2.24, 2.45) is 11.3 Å². The summed E-state index contributed by atoms with van der Waals surface area (Å²) >= 11 is 0. The van der Waals surface area contributed by atoms with Crippen LogP contribution >= 0.6 is 0 Å². The summed E-state index contributed by atoms with van der Waals surface area (Å²) in [7, 11) is -3.35.